The average Bonchev–Trinajstić information content (AvgIpc) is 1.99. The largest absolute Gasteiger partial charge is 0.328 e. The van der Waals surface area contributed by atoms with Gasteiger partial charge in [0.2, 0.25) is 0 Å². The van der Waals surface area contributed by atoms with E-state index in [2.05, 4.69) is 26.5 Å². The van der Waals surface area contributed by atoms with Crippen LogP contribution in [-0.2, 0) is 32.7 Å². The molecule has 0 saturated heterocycles. The molecule has 0 fully saturated rings. The number of rotatable bonds is 1. The fourth-order valence-corrected chi connectivity index (χ4v) is 1.44. The molecule has 2 unspecified atom stereocenters. The SMILES string of the molecule is C=C1[C-]=C(CN)CC(C)C1C.[Y]. The molecule has 0 aromatic carbocycles. The molecule has 0 saturated carbocycles. The minimum atomic E-state index is 0. The van der Waals surface area contributed by atoms with Crippen LogP contribution in [0.3, 0.4) is 0 Å². The van der Waals surface area contributed by atoms with Crippen molar-refractivity contribution < 1.29 is 32.7 Å². The second-order valence-corrected chi connectivity index (χ2v) is 3.43. The van der Waals surface area contributed by atoms with Crippen LogP contribution in [0.5, 0.6) is 0 Å². The van der Waals surface area contributed by atoms with Gasteiger partial charge in [0, 0.05) is 32.7 Å². The Hall–Kier alpha value is 0.544. The Morgan fingerprint density at radius 3 is 2.58 bits per heavy atom. The van der Waals surface area contributed by atoms with Crippen molar-refractivity contribution in [2.24, 2.45) is 17.6 Å². The zero-order valence-electron chi connectivity index (χ0n) is 7.93. The predicted octanol–water partition coefficient (Wildman–Crippen LogP) is 1.90. The van der Waals surface area contributed by atoms with E-state index < -0.39 is 0 Å². The zero-order chi connectivity index (χ0) is 8.43. The summed E-state index contributed by atoms with van der Waals surface area (Å²) in [6.07, 6.45) is 4.34. The van der Waals surface area contributed by atoms with Gasteiger partial charge in [0.1, 0.15) is 0 Å². The van der Waals surface area contributed by atoms with Gasteiger partial charge in [-0.05, 0) is 18.9 Å². The molecule has 1 rings (SSSR count). The van der Waals surface area contributed by atoms with Crippen LogP contribution in [0.25, 0.3) is 0 Å². The number of hydrogen-bond donors (Lipinski definition) is 1. The zero-order valence-corrected chi connectivity index (χ0v) is 10.8. The van der Waals surface area contributed by atoms with Gasteiger partial charge < -0.3 is 5.73 Å². The first-order chi connectivity index (χ1) is 5.15. The summed E-state index contributed by atoms with van der Waals surface area (Å²) < 4.78 is 0. The van der Waals surface area contributed by atoms with Crippen LogP contribution in [-0.4, -0.2) is 6.54 Å². The van der Waals surface area contributed by atoms with Crippen LogP contribution in [0.2, 0.25) is 0 Å². The second-order valence-electron chi connectivity index (χ2n) is 3.43. The van der Waals surface area contributed by atoms with Gasteiger partial charge in [0.15, 0.2) is 0 Å². The molecule has 12 heavy (non-hydrogen) atoms. The van der Waals surface area contributed by atoms with E-state index in [9.17, 15) is 0 Å². The van der Waals surface area contributed by atoms with E-state index >= 15 is 0 Å². The van der Waals surface area contributed by atoms with Crippen LogP contribution >= 0.6 is 0 Å². The van der Waals surface area contributed by atoms with Gasteiger partial charge in [-0.3, -0.25) is 0 Å². The molecule has 0 aromatic rings. The molecule has 0 aromatic heterocycles. The van der Waals surface area contributed by atoms with Gasteiger partial charge >= 0.3 is 0 Å². The quantitative estimate of drug-likeness (QED) is 0.695. The van der Waals surface area contributed by atoms with Crippen molar-refractivity contribution in [1.29, 1.82) is 0 Å². The molecule has 1 nitrogen and oxygen atoms in total. The van der Waals surface area contributed by atoms with Gasteiger partial charge in [0.25, 0.3) is 0 Å². The van der Waals surface area contributed by atoms with E-state index in [1.165, 1.54) is 5.57 Å². The van der Waals surface area contributed by atoms with E-state index in [0.29, 0.717) is 18.4 Å². The Bertz CT molecular complexity index is 196. The van der Waals surface area contributed by atoms with E-state index in [-0.39, 0.29) is 32.7 Å². The molecule has 1 aliphatic rings. The first kappa shape index (κ1) is 12.5. The average molecular weight is 239 g/mol. The number of nitrogens with two attached hydrogens (primary N) is 1. The molecular formula is C10H16NY-. The molecule has 0 bridgehead atoms. The van der Waals surface area contributed by atoms with Gasteiger partial charge in [-0.15, -0.1) is 5.57 Å². The van der Waals surface area contributed by atoms with E-state index in [0.717, 1.165) is 12.0 Å². The first-order valence-electron chi connectivity index (χ1n) is 4.15. The molecule has 0 amide bonds. The summed E-state index contributed by atoms with van der Waals surface area (Å²) in [5.41, 5.74) is 7.87. The molecule has 1 radical (unpaired) electrons. The topological polar surface area (TPSA) is 26.0 Å². The standard InChI is InChI=1S/C10H16N.Y/c1-7-4-10(6-11)5-8(2)9(7)3;/h8-9H,1,5-6,11H2,2-3H3;/q-1;. The van der Waals surface area contributed by atoms with Gasteiger partial charge in [-0.1, -0.05) is 19.8 Å². The molecular weight excluding hydrogens is 223 g/mol. The van der Waals surface area contributed by atoms with Crippen LogP contribution in [0, 0.1) is 17.9 Å². The molecule has 2 N–H and O–H groups in total. The molecule has 2 atom stereocenters. The Morgan fingerprint density at radius 2 is 2.17 bits per heavy atom. The van der Waals surface area contributed by atoms with Crippen molar-refractivity contribution in [1.82, 2.24) is 0 Å². The third-order valence-electron chi connectivity index (χ3n) is 2.56. The van der Waals surface area contributed by atoms with Gasteiger partial charge in [-0.2, -0.15) is 0 Å². The summed E-state index contributed by atoms with van der Waals surface area (Å²) in [6.45, 7) is 9.04. The Balaban J connectivity index is 0.00000121. The van der Waals surface area contributed by atoms with E-state index in [1.807, 2.05) is 0 Å². The minimum Gasteiger partial charge on any atom is -0.328 e. The molecule has 65 valence electrons. The summed E-state index contributed by atoms with van der Waals surface area (Å²) in [6, 6.07) is 0. The van der Waals surface area contributed by atoms with Crippen molar-refractivity contribution >= 4 is 0 Å². The maximum Gasteiger partial charge on any atom is 0 e. The summed E-state index contributed by atoms with van der Waals surface area (Å²) in [4.78, 5) is 0. The maximum atomic E-state index is 5.53. The maximum absolute atomic E-state index is 5.53. The Morgan fingerprint density at radius 1 is 1.58 bits per heavy atom. The minimum absolute atomic E-state index is 0. The molecule has 1 aliphatic carbocycles. The summed E-state index contributed by atoms with van der Waals surface area (Å²) >= 11 is 0. The third kappa shape index (κ3) is 2.79. The summed E-state index contributed by atoms with van der Waals surface area (Å²) in [5, 5.41) is 0. The van der Waals surface area contributed by atoms with Crippen molar-refractivity contribution in [2.75, 3.05) is 6.54 Å². The Labute approximate surface area is 100 Å². The van der Waals surface area contributed by atoms with Crippen LogP contribution in [0.4, 0.5) is 0 Å². The number of hydrogen-bond acceptors (Lipinski definition) is 1. The third-order valence-corrected chi connectivity index (χ3v) is 2.56. The summed E-state index contributed by atoms with van der Waals surface area (Å²) in [7, 11) is 0. The van der Waals surface area contributed by atoms with Crippen molar-refractivity contribution in [3.63, 3.8) is 0 Å². The van der Waals surface area contributed by atoms with Crippen molar-refractivity contribution in [2.45, 2.75) is 20.3 Å². The van der Waals surface area contributed by atoms with Crippen molar-refractivity contribution in [3.8, 4) is 0 Å². The first-order valence-corrected chi connectivity index (χ1v) is 4.15. The normalized spacial score (nSPS) is 29.2. The van der Waals surface area contributed by atoms with Gasteiger partial charge in [0.05, 0.1) is 0 Å². The van der Waals surface area contributed by atoms with E-state index in [1.54, 1.807) is 0 Å². The second kappa shape index (κ2) is 5.31. The fraction of sp³-hybridized carbons (Fsp3) is 0.600. The van der Waals surface area contributed by atoms with Crippen molar-refractivity contribution in [3.05, 3.63) is 23.8 Å². The van der Waals surface area contributed by atoms with Crippen LogP contribution < -0.4 is 5.73 Å². The molecule has 2 heteroatoms. The smallest absolute Gasteiger partial charge is 0 e. The van der Waals surface area contributed by atoms with E-state index in [4.69, 9.17) is 5.73 Å². The molecule has 0 spiro atoms. The monoisotopic (exact) mass is 239 g/mol. The molecule has 0 aliphatic heterocycles. The number of allylic oxidation sites excluding steroid dienone is 2. The fourth-order valence-electron chi connectivity index (χ4n) is 1.44. The predicted molar refractivity (Wildman–Crippen MR) is 47.9 cm³/mol. The molecule has 0 heterocycles. The van der Waals surface area contributed by atoms with Crippen LogP contribution in [0.1, 0.15) is 20.3 Å². The summed E-state index contributed by atoms with van der Waals surface area (Å²) in [5.74, 6) is 1.26. The van der Waals surface area contributed by atoms with Crippen LogP contribution in [0.15, 0.2) is 17.7 Å². The Kier molecular flexibility index (Phi) is 5.55. The van der Waals surface area contributed by atoms with Gasteiger partial charge in [-0.25, -0.2) is 18.2 Å².